The van der Waals surface area contributed by atoms with Crippen LogP contribution in [-0.2, 0) is 0 Å². The van der Waals surface area contributed by atoms with Gasteiger partial charge < -0.3 is 25.5 Å². The van der Waals surface area contributed by atoms with Crippen molar-refractivity contribution in [2.45, 2.75) is 43.0 Å². The fourth-order valence-corrected chi connectivity index (χ4v) is 1.66. The summed E-state index contributed by atoms with van der Waals surface area (Å²) in [5.41, 5.74) is 6.50. The summed E-state index contributed by atoms with van der Waals surface area (Å²) in [6.45, 7) is 1.18. The molecule has 1 fully saturated rings. The van der Waals surface area contributed by atoms with E-state index in [0.29, 0.717) is 0 Å². The summed E-state index contributed by atoms with van der Waals surface area (Å²) < 4.78 is 0. The second-order valence-electron chi connectivity index (χ2n) is 3.78. The molecule has 0 aromatic heterocycles. The zero-order valence-corrected chi connectivity index (χ0v) is 7.96. The van der Waals surface area contributed by atoms with Crippen molar-refractivity contribution in [2.24, 2.45) is 5.11 Å². The van der Waals surface area contributed by atoms with E-state index in [2.05, 4.69) is 10.0 Å². The first-order chi connectivity index (χ1) is 6.86. The lowest BCUT2D eigenvalue weighted by molar-refractivity contribution is -0.207. The molecule has 0 saturated heterocycles. The van der Waals surface area contributed by atoms with Gasteiger partial charge in [-0.1, -0.05) is 5.11 Å². The maximum Gasteiger partial charge on any atom is 0.111 e. The average molecular weight is 219 g/mol. The Morgan fingerprint density at radius 2 is 1.40 bits per heavy atom. The van der Waals surface area contributed by atoms with Gasteiger partial charge in [0.2, 0.25) is 0 Å². The quantitative estimate of drug-likeness (QED) is 0.194. The van der Waals surface area contributed by atoms with Crippen LogP contribution in [0.2, 0.25) is 0 Å². The lowest BCUT2D eigenvalue weighted by Crippen LogP contribution is -2.68. The van der Waals surface area contributed by atoms with Crippen LogP contribution in [0.5, 0.6) is 0 Å². The van der Waals surface area contributed by atoms with Crippen LogP contribution in [0.15, 0.2) is 5.11 Å². The minimum absolute atomic E-state index is 1.18. The molecular formula is C7H13N3O5. The van der Waals surface area contributed by atoms with Crippen LogP contribution in [-0.4, -0.2) is 61.6 Å². The highest BCUT2D eigenvalue weighted by atomic mass is 16.4. The molecule has 1 rings (SSSR count). The number of nitrogens with zero attached hydrogens (tertiary/aromatic N) is 3. The molecule has 0 heterocycles. The van der Waals surface area contributed by atoms with Crippen LogP contribution >= 0.6 is 0 Å². The van der Waals surface area contributed by atoms with Crippen molar-refractivity contribution < 1.29 is 25.5 Å². The number of hydrogen-bond acceptors (Lipinski definition) is 6. The van der Waals surface area contributed by atoms with Gasteiger partial charge in [-0.15, -0.1) is 0 Å². The molecule has 15 heavy (non-hydrogen) atoms. The fraction of sp³-hybridized carbons (Fsp3) is 1.00. The second kappa shape index (κ2) is 3.93. The van der Waals surface area contributed by atoms with Gasteiger partial charge in [0.05, 0.1) is 12.2 Å². The number of aliphatic hydroxyl groups excluding tert-OH is 5. The first-order valence-corrected chi connectivity index (χ1v) is 4.33. The molecular weight excluding hydrogens is 206 g/mol. The van der Waals surface area contributed by atoms with Gasteiger partial charge in [0.15, 0.2) is 0 Å². The van der Waals surface area contributed by atoms with Crippen LogP contribution in [0.25, 0.3) is 10.4 Å². The monoisotopic (exact) mass is 219 g/mol. The molecule has 0 amide bonds. The summed E-state index contributed by atoms with van der Waals surface area (Å²) in [5, 5.41) is 50.2. The Labute approximate surface area is 85.0 Å². The van der Waals surface area contributed by atoms with E-state index in [4.69, 9.17) is 5.53 Å². The Morgan fingerprint density at radius 1 is 1.00 bits per heavy atom. The Morgan fingerprint density at radius 3 is 1.73 bits per heavy atom. The fourth-order valence-electron chi connectivity index (χ4n) is 1.66. The summed E-state index contributed by atoms with van der Waals surface area (Å²) in [6, 6.07) is 0. The van der Waals surface area contributed by atoms with Crippen molar-refractivity contribution in [1.82, 2.24) is 0 Å². The van der Waals surface area contributed by atoms with Gasteiger partial charge in [-0.3, -0.25) is 0 Å². The maximum atomic E-state index is 9.54. The van der Waals surface area contributed by atoms with E-state index >= 15 is 0 Å². The topological polar surface area (TPSA) is 150 Å². The minimum Gasteiger partial charge on any atom is -0.390 e. The van der Waals surface area contributed by atoms with E-state index in [9.17, 15) is 25.5 Å². The predicted octanol–water partition coefficient (Wildman–Crippen LogP) is -2.13. The van der Waals surface area contributed by atoms with Gasteiger partial charge >= 0.3 is 0 Å². The zero-order chi connectivity index (χ0) is 11.8. The second-order valence-corrected chi connectivity index (χ2v) is 3.78. The predicted molar refractivity (Wildman–Crippen MR) is 47.6 cm³/mol. The van der Waals surface area contributed by atoms with Crippen LogP contribution in [0, 0.1) is 0 Å². The molecule has 1 saturated carbocycles. The van der Waals surface area contributed by atoms with Gasteiger partial charge in [0, 0.05) is 4.91 Å². The standard InChI is InChI=1S/C7H13N3O5/c1-7(9-10-8)5(14)3(12)2(11)4(13)6(7)15/h2-6,11-15H,1H3/t2-,3-,4-,5+,6-,7+/m1/s1. The first kappa shape index (κ1) is 12.2. The lowest BCUT2D eigenvalue weighted by Gasteiger charge is -2.46. The van der Waals surface area contributed by atoms with Crippen LogP contribution < -0.4 is 0 Å². The smallest absolute Gasteiger partial charge is 0.111 e. The molecule has 1 aliphatic rings. The zero-order valence-electron chi connectivity index (χ0n) is 7.96. The van der Waals surface area contributed by atoms with E-state index in [1.807, 2.05) is 0 Å². The van der Waals surface area contributed by atoms with Crippen molar-refractivity contribution in [3.63, 3.8) is 0 Å². The minimum atomic E-state index is -1.77. The Bertz CT molecular complexity index is 276. The summed E-state index contributed by atoms with van der Waals surface area (Å²) in [5.74, 6) is 0. The molecule has 0 bridgehead atoms. The van der Waals surface area contributed by atoms with Crippen LogP contribution in [0.1, 0.15) is 6.92 Å². The summed E-state index contributed by atoms with van der Waals surface area (Å²) in [7, 11) is 0. The van der Waals surface area contributed by atoms with E-state index < -0.39 is 36.1 Å². The van der Waals surface area contributed by atoms with Crippen LogP contribution in [0.3, 0.4) is 0 Å². The molecule has 8 heteroatoms. The molecule has 0 aromatic rings. The third kappa shape index (κ3) is 1.67. The highest BCUT2D eigenvalue weighted by Gasteiger charge is 2.55. The van der Waals surface area contributed by atoms with E-state index in [1.165, 1.54) is 6.92 Å². The van der Waals surface area contributed by atoms with Gasteiger partial charge in [0.25, 0.3) is 0 Å². The molecule has 0 radical (unpaired) electrons. The SMILES string of the molecule is C[C@@]1(N=[N+]=[N-])[C@H](O)[C@H](O)[C@H](O)[C@@H](O)[C@@H]1O. The van der Waals surface area contributed by atoms with Crippen molar-refractivity contribution in [1.29, 1.82) is 0 Å². The third-order valence-corrected chi connectivity index (χ3v) is 2.80. The van der Waals surface area contributed by atoms with E-state index in [1.54, 1.807) is 0 Å². The highest BCUT2D eigenvalue weighted by Crippen LogP contribution is 2.33. The third-order valence-electron chi connectivity index (χ3n) is 2.80. The van der Waals surface area contributed by atoms with Crippen molar-refractivity contribution in [3.05, 3.63) is 10.4 Å². The molecule has 0 spiro atoms. The van der Waals surface area contributed by atoms with E-state index in [0.717, 1.165) is 0 Å². The summed E-state index contributed by atoms with van der Waals surface area (Å²) in [4.78, 5) is 2.43. The van der Waals surface area contributed by atoms with Crippen molar-refractivity contribution in [2.75, 3.05) is 0 Å². The number of azide groups is 1. The molecule has 0 unspecified atom stereocenters. The number of rotatable bonds is 1. The Hall–Kier alpha value is -0.890. The molecule has 0 aliphatic heterocycles. The van der Waals surface area contributed by atoms with Crippen molar-refractivity contribution >= 4 is 0 Å². The normalized spacial score (nSPS) is 50.9. The van der Waals surface area contributed by atoms with E-state index in [-0.39, 0.29) is 0 Å². The first-order valence-electron chi connectivity index (χ1n) is 4.33. The van der Waals surface area contributed by atoms with Crippen molar-refractivity contribution in [3.8, 4) is 0 Å². The Balaban J connectivity index is 3.11. The molecule has 0 aromatic carbocycles. The van der Waals surface area contributed by atoms with Crippen LogP contribution in [0.4, 0.5) is 0 Å². The van der Waals surface area contributed by atoms with Gasteiger partial charge in [-0.05, 0) is 12.5 Å². The molecule has 5 N–H and O–H groups in total. The van der Waals surface area contributed by atoms with Gasteiger partial charge in [-0.2, -0.15) is 0 Å². The molecule has 8 nitrogen and oxygen atoms in total. The lowest BCUT2D eigenvalue weighted by atomic mass is 9.74. The maximum absolute atomic E-state index is 9.54. The summed E-state index contributed by atoms with van der Waals surface area (Å²) >= 11 is 0. The largest absolute Gasteiger partial charge is 0.390 e. The average Bonchev–Trinajstić information content (AvgIpc) is 2.22. The van der Waals surface area contributed by atoms with Gasteiger partial charge in [0.1, 0.15) is 23.9 Å². The molecule has 86 valence electrons. The number of hydrogen-bond donors (Lipinski definition) is 5. The molecule has 6 atom stereocenters. The summed E-state index contributed by atoms with van der Waals surface area (Å²) in [6.07, 6.45) is -8.35. The molecule has 1 aliphatic carbocycles. The van der Waals surface area contributed by atoms with Gasteiger partial charge in [-0.25, -0.2) is 0 Å². The highest BCUT2D eigenvalue weighted by molar-refractivity contribution is 5.10. The number of aliphatic hydroxyl groups is 5. The Kier molecular flexibility index (Phi) is 3.19.